The van der Waals surface area contributed by atoms with Crippen molar-refractivity contribution in [2.45, 2.75) is 26.3 Å². The van der Waals surface area contributed by atoms with Crippen LogP contribution in [0.2, 0.25) is 10.0 Å². The average molecular weight is 318 g/mol. The number of amides is 2. The second-order valence-electron chi connectivity index (χ2n) is 5.21. The highest BCUT2D eigenvalue weighted by molar-refractivity contribution is 6.35. The van der Waals surface area contributed by atoms with Crippen LogP contribution >= 0.6 is 23.2 Å². The summed E-state index contributed by atoms with van der Waals surface area (Å²) in [6.45, 7) is 4.73. The molecule has 0 heterocycles. The van der Waals surface area contributed by atoms with Gasteiger partial charge < -0.3 is 16.0 Å². The summed E-state index contributed by atoms with van der Waals surface area (Å²) in [5.74, 6) is 0.401. The van der Waals surface area contributed by atoms with Crippen LogP contribution in [-0.4, -0.2) is 30.6 Å². The maximum atomic E-state index is 12.0. The van der Waals surface area contributed by atoms with Crippen LogP contribution in [-0.2, 0) is 0 Å². The first-order valence-electron chi connectivity index (χ1n) is 6.53. The van der Waals surface area contributed by atoms with Crippen LogP contribution < -0.4 is 11.1 Å². The first kappa shape index (κ1) is 17.1. The lowest BCUT2D eigenvalue weighted by Gasteiger charge is -2.22. The van der Waals surface area contributed by atoms with Crippen molar-refractivity contribution < 1.29 is 4.79 Å². The zero-order valence-electron chi connectivity index (χ0n) is 12.0. The van der Waals surface area contributed by atoms with Gasteiger partial charge in [0.25, 0.3) is 0 Å². The highest BCUT2D eigenvalue weighted by atomic mass is 35.5. The van der Waals surface area contributed by atoms with Gasteiger partial charge in [-0.2, -0.15) is 0 Å². The fourth-order valence-corrected chi connectivity index (χ4v) is 2.15. The number of anilines is 1. The molecule has 1 rings (SSSR count). The molecule has 2 amide bonds. The Morgan fingerprint density at radius 1 is 1.30 bits per heavy atom. The van der Waals surface area contributed by atoms with Crippen molar-refractivity contribution in [1.82, 2.24) is 4.90 Å². The fourth-order valence-electron chi connectivity index (χ4n) is 1.62. The summed E-state index contributed by atoms with van der Waals surface area (Å²) in [5, 5.41) is 3.72. The lowest BCUT2D eigenvalue weighted by molar-refractivity contribution is 0.219. The maximum Gasteiger partial charge on any atom is 0.321 e. The molecule has 0 bridgehead atoms. The van der Waals surface area contributed by atoms with E-state index in [1.54, 1.807) is 30.1 Å². The Morgan fingerprint density at radius 2 is 1.85 bits per heavy atom. The quantitative estimate of drug-likeness (QED) is 0.867. The fraction of sp³-hybridized carbons (Fsp3) is 0.500. The molecule has 0 saturated heterocycles. The number of hydrogen-bond donors (Lipinski definition) is 2. The number of nitrogens with two attached hydrogens (primary N) is 1. The Balaban J connectivity index is 2.53. The summed E-state index contributed by atoms with van der Waals surface area (Å²) in [5.41, 5.74) is 6.54. The van der Waals surface area contributed by atoms with E-state index in [2.05, 4.69) is 19.2 Å². The van der Waals surface area contributed by atoms with E-state index in [9.17, 15) is 4.79 Å². The number of urea groups is 1. The number of nitrogens with zero attached hydrogens (tertiary/aromatic N) is 1. The predicted octanol–water partition coefficient (Wildman–Crippen LogP) is 3.83. The van der Waals surface area contributed by atoms with Gasteiger partial charge in [0.15, 0.2) is 0 Å². The Kier molecular flexibility index (Phi) is 6.59. The summed E-state index contributed by atoms with van der Waals surface area (Å²) >= 11 is 11.8. The molecular formula is C14H21Cl2N3O. The van der Waals surface area contributed by atoms with E-state index < -0.39 is 0 Å². The predicted molar refractivity (Wildman–Crippen MR) is 85.5 cm³/mol. The number of carbonyl (C=O) groups is 1. The van der Waals surface area contributed by atoms with Crippen LogP contribution in [0, 0.1) is 5.92 Å². The highest BCUT2D eigenvalue weighted by Crippen LogP contribution is 2.22. The highest BCUT2D eigenvalue weighted by Gasteiger charge is 2.13. The zero-order valence-corrected chi connectivity index (χ0v) is 13.5. The molecule has 0 aliphatic rings. The molecule has 0 spiro atoms. The molecular weight excluding hydrogens is 297 g/mol. The molecule has 0 aliphatic carbocycles. The van der Waals surface area contributed by atoms with Crippen LogP contribution in [0.25, 0.3) is 0 Å². The van der Waals surface area contributed by atoms with E-state index in [4.69, 9.17) is 28.9 Å². The minimum atomic E-state index is -0.209. The van der Waals surface area contributed by atoms with Gasteiger partial charge in [-0.3, -0.25) is 0 Å². The van der Waals surface area contributed by atoms with E-state index in [0.717, 1.165) is 6.42 Å². The summed E-state index contributed by atoms with van der Waals surface area (Å²) in [6, 6.07) is 4.80. The number of benzene rings is 1. The standard InChI is InChI=1S/C14H21Cl2N3O/c1-9(2)13(17)4-5-19(3)14(20)18-12-7-10(15)6-11(16)8-12/h6-9,13H,4-5,17H2,1-3H3,(H,18,20). The van der Waals surface area contributed by atoms with E-state index in [-0.39, 0.29) is 12.1 Å². The summed E-state index contributed by atoms with van der Waals surface area (Å²) in [6.07, 6.45) is 0.762. The molecule has 0 aliphatic heterocycles. The molecule has 0 saturated carbocycles. The number of halogens is 2. The van der Waals surface area contributed by atoms with Gasteiger partial charge in [0.1, 0.15) is 0 Å². The Hall–Kier alpha value is -0.970. The van der Waals surface area contributed by atoms with E-state index in [1.807, 2.05) is 0 Å². The summed E-state index contributed by atoms with van der Waals surface area (Å²) in [4.78, 5) is 13.6. The SMILES string of the molecule is CC(C)C(N)CCN(C)C(=O)Nc1cc(Cl)cc(Cl)c1. The van der Waals surface area contributed by atoms with Gasteiger partial charge in [0, 0.05) is 35.4 Å². The molecule has 0 aromatic heterocycles. The van der Waals surface area contributed by atoms with E-state index in [0.29, 0.717) is 28.2 Å². The Morgan fingerprint density at radius 3 is 2.35 bits per heavy atom. The van der Waals surface area contributed by atoms with Gasteiger partial charge in [-0.25, -0.2) is 4.79 Å². The second-order valence-corrected chi connectivity index (χ2v) is 6.08. The summed E-state index contributed by atoms with van der Waals surface area (Å²) in [7, 11) is 1.73. The monoisotopic (exact) mass is 317 g/mol. The van der Waals surface area contributed by atoms with Crippen molar-refractivity contribution >= 4 is 34.9 Å². The number of nitrogens with one attached hydrogen (secondary N) is 1. The lowest BCUT2D eigenvalue weighted by Crippen LogP contribution is -2.36. The largest absolute Gasteiger partial charge is 0.328 e. The molecule has 112 valence electrons. The van der Waals surface area contributed by atoms with Crippen molar-refractivity contribution in [3.05, 3.63) is 28.2 Å². The van der Waals surface area contributed by atoms with Crippen LogP contribution in [0.4, 0.5) is 10.5 Å². The molecule has 1 aromatic rings. The van der Waals surface area contributed by atoms with Crippen LogP contribution in [0.1, 0.15) is 20.3 Å². The topological polar surface area (TPSA) is 58.4 Å². The molecule has 4 nitrogen and oxygen atoms in total. The minimum absolute atomic E-state index is 0.0888. The molecule has 1 atom stereocenters. The molecule has 6 heteroatoms. The van der Waals surface area contributed by atoms with Gasteiger partial charge in [-0.1, -0.05) is 37.0 Å². The third-order valence-corrected chi connectivity index (χ3v) is 3.55. The third kappa shape index (κ3) is 5.57. The molecule has 3 N–H and O–H groups in total. The number of hydrogen-bond acceptors (Lipinski definition) is 2. The first-order chi connectivity index (χ1) is 9.29. The van der Waals surface area contributed by atoms with Crippen LogP contribution in [0.15, 0.2) is 18.2 Å². The van der Waals surface area contributed by atoms with Crippen molar-refractivity contribution in [3.63, 3.8) is 0 Å². The molecule has 20 heavy (non-hydrogen) atoms. The molecule has 1 aromatic carbocycles. The minimum Gasteiger partial charge on any atom is -0.328 e. The van der Waals surface area contributed by atoms with Crippen molar-refractivity contribution in [2.24, 2.45) is 11.7 Å². The van der Waals surface area contributed by atoms with Gasteiger partial charge >= 0.3 is 6.03 Å². The third-order valence-electron chi connectivity index (χ3n) is 3.11. The Labute approximate surface area is 130 Å². The van der Waals surface area contributed by atoms with Crippen molar-refractivity contribution in [1.29, 1.82) is 0 Å². The molecule has 0 fully saturated rings. The van der Waals surface area contributed by atoms with Crippen LogP contribution in [0.3, 0.4) is 0 Å². The second kappa shape index (κ2) is 7.72. The number of carbonyl (C=O) groups excluding carboxylic acids is 1. The maximum absolute atomic E-state index is 12.0. The van der Waals surface area contributed by atoms with E-state index in [1.165, 1.54) is 0 Å². The smallest absolute Gasteiger partial charge is 0.321 e. The van der Waals surface area contributed by atoms with Crippen molar-refractivity contribution in [2.75, 3.05) is 18.9 Å². The lowest BCUT2D eigenvalue weighted by atomic mass is 10.0. The van der Waals surface area contributed by atoms with E-state index >= 15 is 0 Å². The summed E-state index contributed by atoms with van der Waals surface area (Å²) < 4.78 is 0. The van der Waals surface area contributed by atoms with Crippen molar-refractivity contribution in [3.8, 4) is 0 Å². The zero-order chi connectivity index (χ0) is 15.3. The average Bonchev–Trinajstić information content (AvgIpc) is 2.33. The number of rotatable bonds is 5. The van der Waals surface area contributed by atoms with Gasteiger partial charge in [0.2, 0.25) is 0 Å². The molecule has 0 radical (unpaired) electrons. The van der Waals surface area contributed by atoms with Gasteiger partial charge in [-0.05, 0) is 30.5 Å². The normalized spacial score (nSPS) is 12.3. The van der Waals surface area contributed by atoms with Crippen LogP contribution in [0.5, 0.6) is 0 Å². The molecule has 1 unspecified atom stereocenters. The first-order valence-corrected chi connectivity index (χ1v) is 7.29. The van der Waals surface area contributed by atoms with Gasteiger partial charge in [-0.15, -0.1) is 0 Å². The Bertz CT molecular complexity index is 445. The van der Waals surface area contributed by atoms with Gasteiger partial charge in [0.05, 0.1) is 0 Å².